The molecule has 6 heteroatoms. The van der Waals surface area contributed by atoms with Crippen LogP contribution in [0, 0.1) is 5.92 Å². The Bertz CT molecular complexity index is 1250. The maximum Gasteiger partial charge on any atom is 0.344 e. The highest BCUT2D eigenvalue weighted by atomic mass is 16.5. The maximum atomic E-state index is 13.0. The minimum Gasteiger partial charge on any atom is -0.497 e. The van der Waals surface area contributed by atoms with E-state index in [0.717, 1.165) is 35.4 Å². The normalized spacial score (nSPS) is 23.2. The van der Waals surface area contributed by atoms with Crippen LogP contribution in [0.2, 0.25) is 0 Å². The zero-order valence-electron chi connectivity index (χ0n) is 19.8. The van der Waals surface area contributed by atoms with Crippen molar-refractivity contribution in [2.75, 3.05) is 33.5 Å². The van der Waals surface area contributed by atoms with E-state index in [1.54, 1.807) is 7.11 Å². The van der Waals surface area contributed by atoms with Crippen LogP contribution >= 0.6 is 0 Å². The first kappa shape index (κ1) is 21.7. The Labute approximate surface area is 200 Å². The molecule has 0 saturated carbocycles. The van der Waals surface area contributed by atoms with E-state index in [2.05, 4.69) is 9.80 Å². The predicted molar refractivity (Wildman–Crippen MR) is 132 cm³/mol. The molecule has 0 aliphatic carbocycles. The fraction of sp³-hybridized carbons (Fsp3) is 0.464. The Balaban J connectivity index is 1.28. The molecular weight excluding hydrogens is 428 g/mol. The quantitative estimate of drug-likeness (QED) is 0.517. The van der Waals surface area contributed by atoms with Gasteiger partial charge in [0, 0.05) is 24.5 Å². The fourth-order valence-corrected chi connectivity index (χ4v) is 6.17. The first-order valence-electron chi connectivity index (χ1n) is 12.5. The second-order valence-corrected chi connectivity index (χ2v) is 9.93. The van der Waals surface area contributed by atoms with Gasteiger partial charge < -0.3 is 18.8 Å². The van der Waals surface area contributed by atoms with E-state index in [9.17, 15) is 4.79 Å². The Morgan fingerprint density at radius 2 is 1.97 bits per heavy atom. The Morgan fingerprint density at radius 1 is 1.06 bits per heavy atom. The van der Waals surface area contributed by atoms with E-state index in [1.165, 1.54) is 45.2 Å². The molecule has 2 saturated heterocycles. The van der Waals surface area contributed by atoms with Crippen LogP contribution in [0.25, 0.3) is 22.1 Å². The van der Waals surface area contributed by atoms with E-state index >= 15 is 0 Å². The van der Waals surface area contributed by atoms with Crippen LogP contribution in [-0.2, 0) is 6.54 Å². The third kappa shape index (κ3) is 3.99. The van der Waals surface area contributed by atoms with Gasteiger partial charge >= 0.3 is 5.63 Å². The predicted octanol–water partition coefficient (Wildman–Crippen LogP) is 4.89. The molecule has 3 aliphatic heterocycles. The molecule has 178 valence electrons. The SMILES string of the molecule is COc1cccc(-c2cc3ccc4c(c3oc2=O)CN(CC2CCCN3CCCCC23)CO4)c1. The number of nitrogens with zero attached hydrogens (tertiary/aromatic N) is 2. The lowest BCUT2D eigenvalue weighted by molar-refractivity contribution is 0.0146. The number of hydrogen-bond donors (Lipinski definition) is 0. The lowest BCUT2D eigenvalue weighted by Crippen LogP contribution is -2.51. The fourth-order valence-electron chi connectivity index (χ4n) is 6.17. The molecule has 6 nitrogen and oxygen atoms in total. The topological polar surface area (TPSA) is 55.2 Å². The van der Waals surface area contributed by atoms with Crippen molar-refractivity contribution in [2.24, 2.45) is 5.92 Å². The zero-order valence-corrected chi connectivity index (χ0v) is 19.8. The second kappa shape index (κ2) is 9.08. The van der Waals surface area contributed by atoms with Crippen LogP contribution < -0.4 is 15.1 Å². The smallest absolute Gasteiger partial charge is 0.344 e. The summed E-state index contributed by atoms with van der Waals surface area (Å²) in [5.74, 6) is 2.22. The Kier molecular flexibility index (Phi) is 5.79. The van der Waals surface area contributed by atoms with E-state index < -0.39 is 0 Å². The number of fused-ring (bicyclic) bond motifs is 4. The summed E-state index contributed by atoms with van der Waals surface area (Å²) < 4.78 is 17.4. The lowest BCUT2D eigenvalue weighted by Gasteiger charge is -2.46. The first-order valence-corrected chi connectivity index (χ1v) is 12.5. The summed E-state index contributed by atoms with van der Waals surface area (Å²) in [4.78, 5) is 18.1. The standard InChI is InChI=1S/C28H32N2O4/c1-32-22-8-4-6-19(14-22)23-15-20-10-11-26-24(27(20)34-28(23)31)17-29(18-33-26)16-21-7-5-13-30-12-3-2-9-25(21)30/h4,6,8,10-11,14-15,21,25H,2-3,5,7,9,12-13,16-18H2,1H3. The third-order valence-corrected chi connectivity index (χ3v) is 7.85. The van der Waals surface area contributed by atoms with Crippen molar-refractivity contribution in [3.63, 3.8) is 0 Å². The van der Waals surface area contributed by atoms with Gasteiger partial charge in [0.05, 0.1) is 18.2 Å². The number of ether oxygens (including phenoxy) is 2. The highest BCUT2D eigenvalue weighted by Crippen LogP contribution is 2.36. The molecule has 0 spiro atoms. The lowest BCUT2D eigenvalue weighted by atomic mass is 9.83. The molecule has 2 unspecified atom stereocenters. The van der Waals surface area contributed by atoms with Gasteiger partial charge in [-0.2, -0.15) is 0 Å². The van der Waals surface area contributed by atoms with Crippen LogP contribution in [-0.4, -0.2) is 49.3 Å². The number of benzene rings is 2. The maximum absolute atomic E-state index is 13.0. The molecule has 4 heterocycles. The van der Waals surface area contributed by atoms with Crippen LogP contribution in [0.3, 0.4) is 0 Å². The van der Waals surface area contributed by atoms with Gasteiger partial charge in [-0.25, -0.2) is 4.79 Å². The van der Waals surface area contributed by atoms with Crippen molar-refractivity contribution in [1.29, 1.82) is 0 Å². The highest BCUT2D eigenvalue weighted by Gasteiger charge is 2.35. The van der Waals surface area contributed by atoms with Crippen molar-refractivity contribution in [2.45, 2.75) is 44.7 Å². The van der Waals surface area contributed by atoms with Gasteiger partial charge in [-0.15, -0.1) is 0 Å². The molecule has 0 amide bonds. The summed E-state index contributed by atoms with van der Waals surface area (Å²) in [7, 11) is 1.62. The summed E-state index contributed by atoms with van der Waals surface area (Å²) in [5, 5.41) is 0.915. The van der Waals surface area contributed by atoms with Crippen molar-refractivity contribution in [3.8, 4) is 22.6 Å². The molecule has 2 aromatic carbocycles. The Morgan fingerprint density at radius 3 is 2.88 bits per heavy atom. The zero-order chi connectivity index (χ0) is 23.1. The van der Waals surface area contributed by atoms with Gasteiger partial charge in [0.25, 0.3) is 0 Å². The number of methoxy groups -OCH3 is 1. The minimum absolute atomic E-state index is 0.337. The molecule has 2 fully saturated rings. The van der Waals surface area contributed by atoms with E-state index in [-0.39, 0.29) is 5.63 Å². The molecule has 34 heavy (non-hydrogen) atoms. The van der Waals surface area contributed by atoms with Crippen LogP contribution in [0.4, 0.5) is 0 Å². The molecule has 2 atom stereocenters. The van der Waals surface area contributed by atoms with Gasteiger partial charge in [-0.1, -0.05) is 18.6 Å². The molecule has 1 aromatic heterocycles. The van der Waals surface area contributed by atoms with Crippen LogP contribution in [0.15, 0.2) is 51.7 Å². The third-order valence-electron chi connectivity index (χ3n) is 7.85. The van der Waals surface area contributed by atoms with Crippen molar-refractivity contribution >= 4 is 11.0 Å². The van der Waals surface area contributed by atoms with E-state index in [0.29, 0.717) is 35.6 Å². The average Bonchev–Trinajstić information content (AvgIpc) is 2.88. The molecule has 3 aliphatic rings. The number of rotatable bonds is 4. The van der Waals surface area contributed by atoms with Crippen molar-refractivity contribution in [1.82, 2.24) is 9.80 Å². The molecule has 6 rings (SSSR count). The monoisotopic (exact) mass is 460 g/mol. The molecule has 0 bridgehead atoms. The largest absolute Gasteiger partial charge is 0.497 e. The average molecular weight is 461 g/mol. The van der Waals surface area contributed by atoms with Gasteiger partial charge in [0.1, 0.15) is 23.8 Å². The first-order chi connectivity index (χ1) is 16.7. The molecular formula is C28H32N2O4. The second-order valence-electron chi connectivity index (χ2n) is 9.93. The van der Waals surface area contributed by atoms with E-state index in [4.69, 9.17) is 13.9 Å². The van der Waals surface area contributed by atoms with E-state index in [1.807, 2.05) is 42.5 Å². The van der Waals surface area contributed by atoms with Crippen LogP contribution in [0.5, 0.6) is 11.5 Å². The minimum atomic E-state index is -0.337. The summed E-state index contributed by atoms with van der Waals surface area (Å²) in [6.07, 6.45) is 6.59. The Hall–Kier alpha value is -2.83. The van der Waals surface area contributed by atoms with Crippen LogP contribution in [0.1, 0.15) is 37.7 Å². The van der Waals surface area contributed by atoms with Gasteiger partial charge in [-0.05, 0) is 80.6 Å². The number of piperidine rings is 2. The number of hydrogen-bond acceptors (Lipinski definition) is 6. The summed E-state index contributed by atoms with van der Waals surface area (Å²) in [6.45, 7) is 4.88. The molecule has 0 N–H and O–H groups in total. The highest BCUT2D eigenvalue weighted by molar-refractivity contribution is 5.86. The van der Waals surface area contributed by atoms with Crippen molar-refractivity contribution in [3.05, 3.63) is 58.4 Å². The molecule has 3 aromatic rings. The van der Waals surface area contributed by atoms with Crippen molar-refractivity contribution < 1.29 is 13.9 Å². The van der Waals surface area contributed by atoms with Gasteiger partial charge in [0.2, 0.25) is 0 Å². The summed E-state index contributed by atoms with van der Waals surface area (Å²) in [5.41, 5.74) is 2.62. The van der Waals surface area contributed by atoms with Gasteiger partial charge in [0.15, 0.2) is 0 Å². The molecule has 0 radical (unpaired) electrons. The summed E-state index contributed by atoms with van der Waals surface area (Å²) in [6, 6.07) is 14.1. The van der Waals surface area contributed by atoms with Gasteiger partial charge in [-0.3, -0.25) is 4.90 Å². The summed E-state index contributed by atoms with van der Waals surface area (Å²) >= 11 is 0.